The third-order valence-electron chi connectivity index (χ3n) is 3.64. The van der Waals surface area contributed by atoms with Crippen LogP contribution in [-0.4, -0.2) is 39.3 Å². The van der Waals surface area contributed by atoms with Crippen molar-refractivity contribution in [3.8, 4) is 0 Å². The molecule has 0 saturated carbocycles. The molecule has 4 heteroatoms. The number of amides is 1. The van der Waals surface area contributed by atoms with Gasteiger partial charge in [0.15, 0.2) is 0 Å². The van der Waals surface area contributed by atoms with E-state index < -0.39 is 0 Å². The number of carbonyl (C=O) groups is 1. The minimum atomic E-state index is 0.109. The Morgan fingerprint density at radius 3 is 2.70 bits per heavy atom. The van der Waals surface area contributed by atoms with Crippen molar-refractivity contribution < 1.29 is 9.53 Å². The summed E-state index contributed by atoms with van der Waals surface area (Å²) in [6.45, 7) is 1.48. The molecular formula is C16H24N2O2. The topological polar surface area (TPSA) is 41.6 Å². The highest BCUT2D eigenvalue weighted by Crippen LogP contribution is 2.13. The van der Waals surface area contributed by atoms with Gasteiger partial charge >= 0.3 is 0 Å². The van der Waals surface area contributed by atoms with Gasteiger partial charge < -0.3 is 15.0 Å². The van der Waals surface area contributed by atoms with Crippen LogP contribution < -0.4 is 10.2 Å². The molecule has 110 valence electrons. The fraction of sp³-hybridized carbons (Fsp3) is 0.562. The summed E-state index contributed by atoms with van der Waals surface area (Å²) in [6.07, 6.45) is 3.71. The third kappa shape index (κ3) is 4.53. The Bertz CT molecular complexity index is 423. The lowest BCUT2D eigenvalue weighted by Gasteiger charge is -2.13. The molecule has 4 nitrogen and oxygen atoms in total. The van der Waals surface area contributed by atoms with Crippen molar-refractivity contribution in [2.24, 2.45) is 0 Å². The van der Waals surface area contributed by atoms with Crippen LogP contribution in [0.4, 0.5) is 5.69 Å². The molecule has 1 aliphatic heterocycles. The van der Waals surface area contributed by atoms with Gasteiger partial charge in [0, 0.05) is 39.4 Å². The molecule has 0 aromatic heterocycles. The molecule has 20 heavy (non-hydrogen) atoms. The maximum absolute atomic E-state index is 11.8. The van der Waals surface area contributed by atoms with E-state index in [0.717, 1.165) is 25.9 Å². The van der Waals surface area contributed by atoms with Gasteiger partial charge in [-0.25, -0.2) is 0 Å². The van der Waals surface area contributed by atoms with Gasteiger partial charge in [0.2, 0.25) is 5.91 Å². The number of ether oxygens (including phenoxy) is 1. The summed E-state index contributed by atoms with van der Waals surface area (Å²) in [5.41, 5.74) is 2.37. The van der Waals surface area contributed by atoms with Crippen LogP contribution >= 0.6 is 0 Å². The Balaban J connectivity index is 1.69. The zero-order chi connectivity index (χ0) is 14.4. The van der Waals surface area contributed by atoms with Crippen molar-refractivity contribution in [3.63, 3.8) is 0 Å². The van der Waals surface area contributed by atoms with Crippen LogP contribution in [0.5, 0.6) is 0 Å². The standard InChI is InChI=1S/C16H24N2O2/c1-18(2)14-8-5-13(6-9-14)7-10-16(19)17-12-15-4-3-11-20-15/h5-6,8-9,15H,3-4,7,10-12H2,1-2H3,(H,17,19). The number of benzene rings is 1. The Hall–Kier alpha value is -1.55. The average Bonchev–Trinajstić information content (AvgIpc) is 2.96. The number of aryl methyl sites for hydroxylation is 1. The Kier molecular flexibility index (Phi) is 5.41. The first kappa shape index (κ1) is 14.9. The van der Waals surface area contributed by atoms with E-state index in [-0.39, 0.29) is 12.0 Å². The maximum atomic E-state index is 11.8. The average molecular weight is 276 g/mol. The highest BCUT2D eigenvalue weighted by molar-refractivity contribution is 5.76. The molecule has 0 aliphatic carbocycles. The Labute approximate surface area is 121 Å². The predicted octanol–water partition coefficient (Wildman–Crippen LogP) is 1.98. The number of hydrogen-bond donors (Lipinski definition) is 1. The largest absolute Gasteiger partial charge is 0.378 e. The molecule has 2 rings (SSSR count). The van der Waals surface area contributed by atoms with E-state index in [1.807, 2.05) is 14.1 Å². The van der Waals surface area contributed by atoms with Gasteiger partial charge in [0.05, 0.1) is 6.10 Å². The molecule has 0 bridgehead atoms. The van der Waals surface area contributed by atoms with Crippen molar-refractivity contribution in [1.29, 1.82) is 0 Å². The van der Waals surface area contributed by atoms with E-state index in [2.05, 4.69) is 34.5 Å². The summed E-state index contributed by atoms with van der Waals surface area (Å²) < 4.78 is 5.48. The van der Waals surface area contributed by atoms with E-state index in [0.29, 0.717) is 13.0 Å². The fourth-order valence-electron chi connectivity index (χ4n) is 2.34. The third-order valence-corrected chi connectivity index (χ3v) is 3.64. The van der Waals surface area contributed by atoms with Crippen LogP contribution in [0.15, 0.2) is 24.3 Å². The Morgan fingerprint density at radius 2 is 2.10 bits per heavy atom. The molecular weight excluding hydrogens is 252 g/mol. The van der Waals surface area contributed by atoms with Crippen LogP contribution in [0.3, 0.4) is 0 Å². The Morgan fingerprint density at radius 1 is 1.35 bits per heavy atom. The van der Waals surface area contributed by atoms with Crippen LogP contribution in [0.2, 0.25) is 0 Å². The SMILES string of the molecule is CN(C)c1ccc(CCC(=O)NCC2CCCO2)cc1. The van der Waals surface area contributed by atoms with Crippen molar-refractivity contribution in [2.45, 2.75) is 31.8 Å². The molecule has 1 fully saturated rings. The van der Waals surface area contributed by atoms with E-state index in [1.165, 1.54) is 11.3 Å². The summed E-state index contributed by atoms with van der Waals surface area (Å²) in [6, 6.07) is 8.34. The molecule has 1 heterocycles. The quantitative estimate of drug-likeness (QED) is 0.864. The van der Waals surface area contributed by atoms with Crippen molar-refractivity contribution >= 4 is 11.6 Å². The molecule has 1 aromatic rings. The molecule has 0 radical (unpaired) electrons. The fourth-order valence-corrected chi connectivity index (χ4v) is 2.34. The molecule has 0 spiro atoms. The van der Waals surface area contributed by atoms with E-state index >= 15 is 0 Å². The van der Waals surface area contributed by atoms with Crippen LogP contribution in [0.1, 0.15) is 24.8 Å². The molecule has 1 saturated heterocycles. The molecule has 1 aliphatic rings. The van der Waals surface area contributed by atoms with Crippen molar-refractivity contribution in [1.82, 2.24) is 5.32 Å². The first-order chi connectivity index (χ1) is 9.65. The second-order valence-electron chi connectivity index (χ2n) is 5.50. The van der Waals surface area contributed by atoms with E-state index in [9.17, 15) is 4.79 Å². The van der Waals surface area contributed by atoms with E-state index in [4.69, 9.17) is 4.74 Å². The minimum Gasteiger partial charge on any atom is -0.378 e. The highest BCUT2D eigenvalue weighted by Gasteiger charge is 2.15. The summed E-state index contributed by atoms with van der Waals surface area (Å²) in [4.78, 5) is 13.8. The summed E-state index contributed by atoms with van der Waals surface area (Å²) in [5.74, 6) is 0.109. The van der Waals surface area contributed by atoms with Gasteiger partial charge in [-0.15, -0.1) is 0 Å². The van der Waals surface area contributed by atoms with Gasteiger partial charge in [-0.3, -0.25) is 4.79 Å². The number of hydrogen-bond acceptors (Lipinski definition) is 3. The smallest absolute Gasteiger partial charge is 0.220 e. The van der Waals surface area contributed by atoms with Crippen LogP contribution in [-0.2, 0) is 16.0 Å². The number of rotatable bonds is 6. The number of anilines is 1. The first-order valence-corrected chi connectivity index (χ1v) is 7.30. The lowest BCUT2D eigenvalue weighted by atomic mass is 10.1. The summed E-state index contributed by atoms with van der Waals surface area (Å²) >= 11 is 0. The molecule has 1 aromatic carbocycles. The maximum Gasteiger partial charge on any atom is 0.220 e. The van der Waals surface area contributed by atoms with Gasteiger partial charge in [-0.2, -0.15) is 0 Å². The molecule has 1 amide bonds. The summed E-state index contributed by atoms with van der Waals surface area (Å²) in [5, 5.41) is 2.95. The lowest BCUT2D eigenvalue weighted by molar-refractivity contribution is -0.121. The minimum absolute atomic E-state index is 0.109. The van der Waals surface area contributed by atoms with Crippen LogP contribution in [0, 0.1) is 0 Å². The van der Waals surface area contributed by atoms with Gasteiger partial charge in [-0.05, 0) is 37.0 Å². The zero-order valence-corrected chi connectivity index (χ0v) is 12.4. The molecule has 1 N–H and O–H groups in total. The van der Waals surface area contributed by atoms with Crippen molar-refractivity contribution in [3.05, 3.63) is 29.8 Å². The van der Waals surface area contributed by atoms with Crippen LogP contribution in [0.25, 0.3) is 0 Å². The second kappa shape index (κ2) is 7.29. The highest BCUT2D eigenvalue weighted by atomic mass is 16.5. The second-order valence-corrected chi connectivity index (χ2v) is 5.50. The monoisotopic (exact) mass is 276 g/mol. The normalized spacial score (nSPS) is 18.0. The number of nitrogens with one attached hydrogen (secondary N) is 1. The number of carbonyl (C=O) groups excluding carboxylic acids is 1. The predicted molar refractivity (Wildman–Crippen MR) is 81.1 cm³/mol. The molecule has 1 atom stereocenters. The number of nitrogens with zero attached hydrogens (tertiary/aromatic N) is 1. The zero-order valence-electron chi connectivity index (χ0n) is 12.4. The summed E-state index contributed by atoms with van der Waals surface area (Å²) in [7, 11) is 4.04. The van der Waals surface area contributed by atoms with Gasteiger partial charge in [0.25, 0.3) is 0 Å². The lowest BCUT2D eigenvalue weighted by Crippen LogP contribution is -2.31. The van der Waals surface area contributed by atoms with Gasteiger partial charge in [-0.1, -0.05) is 12.1 Å². The van der Waals surface area contributed by atoms with Gasteiger partial charge in [0.1, 0.15) is 0 Å². The van der Waals surface area contributed by atoms with E-state index in [1.54, 1.807) is 0 Å². The van der Waals surface area contributed by atoms with Crippen molar-refractivity contribution in [2.75, 3.05) is 32.1 Å². The first-order valence-electron chi connectivity index (χ1n) is 7.30. The molecule has 1 unspecified atom stereocenters.